The predicted octanol–water partition coefficient (Wildman–Crippen LogP) is 3.78. The fourth-order valence-corrected chi connectivity index (χ4v) is 2.36. The van der Waals surface area contributed by atoms with Crippen LogP contribution < -0.4 is 10.5 Å². The minimum atomic E-state index is -0.0854. The molecule has 0 aromatic heterocycles. The van der Waals surface area contributed by atoms with E-state index >= 15 is 0 Å². The Morgan fingerprint density at radius 3 is 2.70 bits per heavy atom. The molecule has 20 heavy (non-hydrogen) atoms. The van der Waals surface area contributed by atoms with E-state index in [0.717, 1.165) is 10.0 Å². The number of oxime groups is 1. The molecule has 0 fully saturated rings. The number of amidine groups is 1. The van der Waals surface area contributed by atoms with E-state index in [-0.39, 0.29) is 5.84 Å². The number of nitrogens with zero attached hydrogens (tertiary/aromatic N) is 1. The van der Waals surface area contributed by atoms with Crippen molar-refractivity contribution in [3.63, 3.8) is 0 Å². The normalized spacial score (nSPS) is 11.4. The molecule has 0 amide bonds. The number of rotatable bonds is 4. The van der Waals surface area contributed by atoms with Crippen LogP contribution in [0.1, 0.15) is 11.1 Å². The van der Waals surface area contributed by atoms with Gasteiger partial charge in [0.15, 0.2) is 5.84 Å². The monoisotopic (exact) mass is 354 g/mol. The van der Waals surface area contributed by atoms with Crippen molar-refractivity contribution in [1.82, 2.24) is 0 Å². The molecule has 0 aliphatic carbocycles. The van der Waals surface area contributed by atoms with Crippen LogP contribution >= 0.6 is 27.5 Å². The molecule has 0 aliphatic heterocycles. The van der Waals surface area contributed by atoms with Crippen molar-refractivity contribution in [2.45, 2.75) is 6.61 Å². The van der Waals surface area contributed by atoms with E-state index in [2.05, 4.69) is 21.1 Å². The minimum Gasteiger partial charge on any atom is -0.488 e. The minimum absolute atomic E-state index is 0.0854. The summed E-state index contributed by atoms with van der Waals surface area (Å²) in [4.78, 5) is 0. The summed E-state index contributed by atoms with van der Waals surface area (Å²) in [5.41, 5.74) is 6.98. The zero-order valence-electron chi connectivity index (χ0n) is 10.4. The molecule has 0 unspecified atom stereocenters. The van der Waals surface area contributed by atoms with Crippen LogP contribution in [-0.4, -0.2) is 11.0 Å². The van der Waals surface area contributed by atoms with E-state index in [1.54, 1.807) is 18.2 Å². The van der Waals surface area contributed by atoms with Crippen LogP contribution in [-0.2, 0) is 6.61 Å². The first-order valence-corrected chi connectivity index (χ1v) is 6.93. The van der Waals surface area contributed by atoms with Gasteiger partial charge in [-0.3, -0.25) is 0 Å². The Morgan fingerprint density at radius 2 is 2.00 bits per heavy atom. The molecular weight excluding hydrogens is 344 g/mol. The molecule has 0 saturated heterocycles. The van der Waals surface area contributed by atoms with Crippen LogP contribution in [0.4, 0.5) is 0 Å². The van der Waals surface area contributed by atoms with Gasteiger partial charge in [0.2, 0.25) is 0 Å². The maximum Gasteiger partial charge on any atom is 0.175 e. The highest BCUT2D eigenvalue weighted by atomic mass is 79.9. The molecule has 6 heteroatoms. The largest absolute Gasteiger partial charge is 0.488 e. The van der Waals surface area contributed by atoms with Gasteiger partial charge >= 0.3 is 0 Å². The lowest BCUT2D eigenvalue weighted by Gasteiger charge is -2.12. The molecule has 2 rings (SSSR count). The first-order chi connectivity index (χ1) is 9.63. The second kappa shape index (κ2) is 6.63. The highest BCUT2D eigenvalue weighted by molar-refractivity contribution is 9.10. The second-order valence-electron chi connectivity index (χ2n) is 3.98. The third-order valence-electron chi connectivity index (χ3n) is 2.68. The van der Waals surface area contributed by atoms with Crippen molar-refractivity contribution < 1.29 is 9.94 Å². The molecule has 0 spiro atoms. The summed E-state index contributed by atoms with van der Waals surface area (Å²) < 4.78 is 6.67. The van der Waals surface area contributed by atoms with Gasteiger partial charge in [0.25, 0.3) is 0 Å². The summed E-state index contributed by atoms with van der Waals surface area (Å²) in [6.07, 6.45) is 0. The topological polar surface area (TPSA) is 67.8 Å². The van der Waals surface area contributed by atoms with E-state index in [1.807, 2.05) is 24.3 Å². The summed E-state index contributed by atoms with van der Waals surface area (Å²) in [6, 6.07) is 12.8. The first kappa shape index (κ1) is 14.7. The van der Waals surface area contributed by atoms with Crippen molar-refractivity contribution in [1.29, 1.82) is 0 Å². The van der Waals surface area contributed by atoms with E-state index in [1.165, 1.54) is 0 Å². The fourth-order valence-electron chi connectivity index (χ4n) is 1.69. The second-order valence-corrected chi connectivity index (χ2v) is 5.24. The lowest BCUT2D eigenvalue weighted by Crippen LogP contribution is -2.15. The molecule has 0 atom stereocenters. The van der Waals surface area contributed by atoms with E-state index < -0.39 is 0 Å². The highest BCUT2D eigenvalue weighted by Gasteiger charge is 2.13. The number of nitrogens with two attached hydrogens (primary N) is 1. The molecule has 0 heterocycles. The fraction of sp³-hybridized carbons (Fsp3) is 0.0714. The van der Waals surface area contributed by atoms with Crippen molar-refractivity contribution in [2.24, 2.45) is 10.9 Å². The molecule has 3 N–H and O–H groups in total. The van der Waals surface area contributed by atoms with Crippen LogP contribution in [0.25, 0.3) is 0 Å². The maximum atomic E-state index is 8.81. The molecule has 4 nitrogen and oxygen atoms in total. The standard InChI is InChI=1S/C14H12BrClN2O2/c15-10-5-2-1-4-9(10)8-20-12-7-3-6-11(16)13(12)14(17)18-19/h1-7,19H,8H2,(H2,17,18). The number of hydrogen-bond donors (Lipinski definition) is 2. The maximum absolute atomic E-state index is 8.81. The van der Waals surface area contributed by atoms with Crippen LogP contribution in [0.3, 0.4) is 0 Å². The quantitative estimate of drug-likeness (QED) is 0.379. The SMILES string of the molecule is N/C(=N/O)c1c(Cl)cccc1OCc1ccccc1Br. The predicted molar refractivity (Wildman–Crippen MR) is 82.4 cm³/mol. The third kappa shape index (κ3) is 3.23. The summed E-state index contributed by atoms with van der Waals surface area (Å²) in [6.45, 7) is 0.341. The third-order valence-corrected chi connectivity index (χ3v) is 3.77. The van der Waals surface area contributed by atoms with Crippen LogP contribution in [0.5, 0.6) is 5.75 Å². The Kier molecular flexibility index (Phi) is 4.87. The smallest absolute Gasteiger partial charge is 0.175 e. The Labute approximate surface area is 129 Å². The van der Waals surface area contributed by atoms with Crippen molar-refractivity contribution in [3.8, 4) is 5.75 Å². The zero-order chi connectivity index (χ0) is 14.5. The molecule has 0 radical (unpaired) electrons. The number of halogens is 2. The van der Waals surface area contributed by atoms with Gasteiger partial charge in [-0.15, -0.1) is 0 Å². The van der Waals surface area contributed by atoms with Gasteiger partial charge in [0.1, 0.15) is 12.4 Å². The Morgan fingerprint density at radius 1 is 1.25 bits per heavy atom. The zero-order valence-corrected chi connectivity index (χ0v) is 12.7. The van der Waals surface area contributed by atoms with Gasteiger partial charge in [0.05, 0.1) is 10.6 Å². The van der Waals surface area contributed by atoms with Gasteiger partial charge in [-0.2, -0.15) is 0 Å². The lowest BCUT2D eigenvalue weighted by atomic mass is 10.2. The number of benzene rings is 2. The molecule has 2 aromatic carbocycles. The highest BCUT2D eigenvalue weighted by Crippen LogP contribution is 2.27. The van der Waals surface area contributed by atoms with Crippen LogP contribution in [0.2, 0.25) is 5.02 Å². The summed E-state index contributed by atoms with van der Waals surface area (Å²) >= 11 is 9.51. The average molecular weight is 356 g/mol. The van der Waals surface area contributed by atoms with Gasteiger partial charge in [-0.25, -0.2) is 0 Å². The molecule has 104 valence electrons. The summed E-state index contributed by atoms with van der Waals surface area (Å²) in [5.74, 6) is 0.376. The van der Waals surface area contributed by atoms with E-state index in [0.29, 0.717) is 22.9 Å². The van der Waals surface area contributed by atoms with Crippen LogP contribution in [0, 0.1) is 0 Å². The van der Waals surface area contributed by atoms with Gasteiger partial charge in [-0.05, 0) is 18.2 Å². The van der Waals surface area contributed by atoms with E-state index in [9.17, 15) is 0 Å². The molecule has 0 saturated carbocycles. The van der Waals surface area contributed by atoms with Gasteiger partial charge < -0.3 is 15.7 Å². The van der Waals surface area contributed by atoms with Crippen molar-refractivity contribution in [2.75, 3.05) is 0 Å². The Balaban J connectivity index is 2.27. The first-order valence-electron chi connectivity index (χ1n) is 5.76. The lowest BCUT2D eigenvalue weighted by molar-refractivity contribution is 0.302. The Hall–Kier alpha value is -1.72. The van der Waals surface area contributed by atoms with E-state index in [4.69, 9.17) is 27.3 Å². The number of ether oxygens (including phenoxy) is 1. The van der Waals surface area contributed by atoms with Crippen molar-refractivity contribution in [3.05, 3.63) is 63.1 Å². The molecule has 2 aromatic rings. The van der Waals surface area contributed by atoms with Gasteiger partial charge in [-0.1, -0.05) is 57.0 Å². The average Bonchev–Trinajstić information content (AvgIpc) is 2.46. The van der Waals surface area contributed by atoms with Crippen molar-refractivity contribution >= 4 is 33.4 Å². The van der Waals surface area contributed by atoms with Crippen LogP contribution in [0.15, 0.2) is 52.1 Å². The van der Waals surface area contributed by atoms with Gasteiger partial charge in [0, 0.05) is 10.0 Å². The summed E-state index contributed by atoms with van der Waals surface area (Å²) in [7, 11) is 0. The number of hydrogen-bond acceptors (Lipinski definition) is 3. The Bertz CT molecular complexity index is 647. The molecular formula is C14H12BrClN2O2. The summed E-state index contributed by atoms with van der Waals surface area (Å²) in [5, 5.41) is 12.1. The molecule has 0 bridgehead atoms. The molecule has 0 aliphatic rings.